The number of benzene rings is 1. The van der Waals surface area contributed by atoms with Crippen LogP contribution in [0.3, 0.4) is 0 Å². The highest BCUT2D eigenvalue weighted by atomic mass is 19.4. The molecule has 35 heavy (non-hydrogen) atoms. The fraction of sp³-hybridized carbons (Fsp3) is 0.304. The molecule has 2 aromatic rings. The van der Waals surface area contributed by atoms with Gasteiger partial charge in [-0.25, -0.2) is 14.3 Å². The number of hydrogen-bond donors (Lipinski definition) is 3. The third-order valence-electron chi connectivity index (χ3n) is 5.49. The average Bonchev–Trinajstić information content (AvgIpc) is 3.49. The van der Waals surface area contributed by atoms with Crippen molar-refractivity contribution in [1.29, 1.82) is 0 Å². The molecule has 0 bridgehead atoms. The molecule has 2 aliphatic rings. The van der Waals surface area contributed by atoms with Crippen LogP contribution in [0.1, 0.15) is 36.5 Å². The molecule has 0 saturated heterocycles. The largest absolute Gasteiger partial charge is 0.573 e. The van der Waals surface area contributed by atoms with Crippen LogP contribution in [0.5, 0.6) is 5.75 Å². The van der Waals surface area contributed by atoms with Gasteiger partial charge in [0.05, 0.1) is 22.9 Å². The van der Waals surface area contributed by atoms with Crippen LogP contribution < -0.4 is 4.74 Å². The number of ether oxygens (including phenoxy) is 1. The summed E-state index contributed by atoms with van der Waals surface area (Å²) in [5.41, 5.74) is 0.149. The highest BCUT2D eigenvalue weighted by molar-refractivity contribution is 5.91. The van der Waals surface area contributed by atoms with E-state index in [0.717, 1.165) is 41.4 Å². The number of rotatable bonds is 6. The van der Waals surface area contributed by atoms with Crippen molar-refractivity contribution in [2.75, 3.05) is 0 Å². The van der Waals surface area contributed by atoms with Crippen LogP contribution in [0.4, 0.5) is 13.2 Å². The van der Waals surface area contributed by atoms with Crippen molar-refractivity contribution >= 4 is 17.9 Å². The van der Waals surface area contributed by atoms with Crippen molar-refractivity contribution < 1.29 is 47.6 Å². The maximum absolute atomic E-state index is 12.1. The predicted molar refractivity (Wildman–Crippen MR) is 114 cm³/mol. The molecule has 1 aromatic carbocycles. The van der Waals surface area contributed by atoms with E-state index in [1.54, 1.807) is 19.1 Å². The normalized spacial score (nSPS) is 19.5. The van der Waals surface area contributed by atoms with Gasteiger partial charge < -0.3 is 20.1 Å². The van der Waals surface area contributed by atoms with Gasteiger partial charge in [0.25, 0.3) is 0 Å². The summed E-state index contributed by atoms with van der Waals surface area (Å²) >= 11 is 0. The van der Waals surface area contributed by atoms with Crippen LogP contribution in [-0.2, 0) is 9.59 Å². The zero-order valence-electron chi connectivity index (χ0n) is 18.3. The molecule has 0 radical (unpaired) electrons. The molecule has 1 unspecified atom stereocenters. The van der Waals surface area contributed by atoms with Gasteiger partial charge in [-0.2, -0.15) is 5.10 Å². The number of carbonyl (C=O) groups is 3. The number of aliphatic carboxylic acids is 2. The van der Waals surface area contributed by atoms with Gasteiger partial charge in [-0.15, -0.1) is 13.2 Å². The molecule has 2 aliphatic carbocycles. The lowest BCUT2D eigenvalue weighted by atomic mass is 9.72. The number of nitrogens with zero attached hydrogens (tertiary/aromatic N) is 2. The zero-order chi connectivity index (χ0) is 26.0. The number of alkyl halides is 3. The Balaban J connectivity index is 0.000000198. The lowest BCUT2D eigenvalue weighted by Crippen LogP contribution is -2.34. The molecule has 1 atom stereocenters. The van der Waals surface area contributed by atoms with Crippen LogP contribution >= 0.6 is 0 Å². The number of aromatic nitrogens is 2. The van der Waals surface area contributed by atoms with E-state index in [2.05, 4.69) is 9.84 Å². The first-order valence-electron chi connectivity index (χ1n) is 10.3. The van der Waals surface area contributed by atoms with Gasteiger partial charge in [-0.05, 0) is 50.3 Å². The van der Waals surface area contributed by atoms with Gasteiger partial charge in [0.1, 0.15) is 5.75 Å². The summed E-state index contributed by atoms with van der Waals surface area (Å²) in [7, 11) is 0. The number of allylic oxidation sites excluding steroid dienone is 2. The maximum Gasteiger partial charge on any atom is 0.573 e. The number of carboxylic acid groups (broad SMARTS) is 3. The molecular weight excluding hydrogens is 473 g/mol. The summed E-state index contributed by atoms with van der Waals surface area (Å²) in [6, 6.07) is 5.06. The summed E-state index contributed by atoms with van der Waals surface area (Å²) in [6.45, 7) is 1.75. The molecule has 1 aromatic heterocycles. The summed E-state index contributed by atoms with van der Waals surface area (Å²) in [4.78, 5) is 33.0. The predicted octanol–water partition coefficient (Wildman–Crippen LogP) is 4.30. The van der Waals surface area contributed by atoms with Gasteiger partial charge in [0.15, 0.2) is 0 Å². The summed E-state index contributed by atoms with van der Waals surface area (Å²) in [5.74, 6) is -3.39. The molecule has 1 saturated carbocycles. The van der Waals surface area contributed by atoms with Crippen molar-refractivity contribution in [3.8, 4) is 11.4 Å². The van der Waals surface area contributed by atoms with Gasteiger partial charge >= 0.3 is 24.3 Å². The lowest BCUT2D eigenvalue weighted by Gasteiger charge is -2.29. The van der Waals surface area contributed by atoms with Crippen LogP contribution in [0.15, 0.2) is 60.0 Å². The smallest absolute Gasteiger partial charge is 0.481 e. The molecule has 1 fully saturated rings. The second kappa shape index (κ2) is 9.65. The Morgan fingerprint density at radius 2 is 1.83 bits per heavy atom. The maximum atomic E-state index is 12.1. The van der Waals surface area contributed by atoms with Crippen LogP contribution in [0, 0.1) is 11.3 Å². The first kappa shape index (κ1) is 25.5. The minimum absolute atomic E-state index is 0.0675. The zero-order valence-corrected chi connectivity index (χ0v) is 18.3. The monoisotopic (exact) mass is 494 g/mol. The molecule has 0 aliphatic heterocycles. The number of halogens is 3. The van der Waals surface area contributed by atoms with E-state index >= 15 is 0 Å². The molecular formula is C23H21F3N2O7. The highest BCUT2D eigenvalue weighted by Gasteiger charge is 2.51. The van der Waals surface area contributed by atoms with Crippen molar-refractivity contribution in [3.05, 3.63) is 65.5 Å². The third-order valence-corrected chi connectivity index (χ3v) is 5.49. The van der Waals surface area contributed by atoms with Crippen molar-refractivity contribution in [3.63, 3.8) is 0 Å². The summed E-state index contributed by atoms with van der Waals surface area (Å²) in [6.07, 6.45) is 2.65. The van der Waals surface area contributed by atoms with E-state index in [9.17, 15) is 32.7 Å². The second-order valence-electron chi connectivity index (χ2n) is 8.18. The molecule has 0 amide bonds. The molecule has 12 heteroatoms. The molecule has 0 spiro atoms. The first-order valence-corrected chi connectivity index (χ1v) is 10.3. The van der Waals surface area contributed by atoms with E-state index in [0.29, 0.717) is 0 Å². The fourth-order valence-electron chi connectivity index (χ4n) is 3.85. The lowest BCUT2D eigenvalue weighted by molar-refractivity contribution is -0.274. The van der Waals surface area contributed by atoms with E-state index < -0.39 is 35.4 Å². The quantitative estimate of drug-likeness (QED) is 0.540. The summed E-state index contributed by atoms with van der Waals surface area (Å²) in [5, 5.41) is 30.8. The van der Waals surface area contributed by atoms with E-state index in [1.165, 1.54) is 18.3 Å². The van der Waals surface area contributed by atoms with E-state index in [-0.39, 0.29) is 29.2 Å². The fourth-order valence-corrected chi connectivity index (χ4v) is 3.85. The van der Waals surface area contributed by atoms with Gasteiger partial charge in [-0.3, -0.25) is 4.79 Å². The van der Waals surface area contributed by atoms with Gasteiger partial charge in [0.2, 0.25) is 0 Å². The molecule has 4 rings (SSSR count). The molecule has 1 heterocycles. The van der Waals surface area contributed by atoms with Crippen molar-refractivity contribution in [2.45, 2.75) is 32.5 Å². The minimum atomic E-state index is -4.78. The van der Waals surface area contributed by atoms with Crippen LogP contribution in [-0.4, -0.2) is 49.4 Å². The van der Waals surface area contributed by atoms with Gasteiger partial charge in [-0.1, -0.05) is 17.7 Å². The van der Waals surface area contributed by atoms with Gasteiger partial charge in [0, 0.05) is 17.8 Å². The SMILES string of the molecule is CC1=CC(C(=O)O)(C2CC2)CC(C(=O)O)=C1.O=C(O)c1cnn(-c2cccc(OC(F)(F)F)c2)c1. The van der Waals surface area contributed by atoms with Crippen molar-refractivity contribution in [1.82, 2.24) is 9.78 Å². The van der Waals surface area contributed by atoms with Crippen LogP contribution in [0.2, 0.25) is 0 Å². The first-order chi connectivity index (χ1) is 16.3. The Morgan fingerprint density at radius 1 is 1.14 bits per heavy atom. The summed E-state index contributed by atoms with van der Waals surface area (Å²) < 4.78 is 41.1. The third kappa shape index (κ3) is 6.28. The average molecular weight is 494 g/mol. The number of aromatic carboxylic acids is 1. The standard InChI is InChI=1S/C12H14O4.C11H7F3N2O3/c1-7-4-8(10(13)14)6-12(5-7,11(15)16)9-2-3-9;12-11(13,14)19-9-3-1-2-8(4-9)16-6-7(5-15-16)10(17)18/h4-5,9H,2-3,6H2,1H3,(H,13,14)(H,15,16);1-6H,(H,17,18). The molecule has 9 nitrogen and oxygen atoms in total. The van der Waals surface area contributed by atoms with E-state index in [1.807, 2.05) is 0 Å². The molecule has 186 valence electrons. The highest BCUT2D eigenvalue weighted by Crippen LogP contribution is 2.52. The topological polar surface area (TPSA) is 139 Å². The van der Waals surface area contributed by atoms with Crippen LogP contribution in [0.25, 0.3) is 5.69 Å². The Kier molecular flexibility index (Phi) is 7.04. The Labute approximate surface area is 196 Å². The van der Waals surface area contributed by atoms with E-state index in [4.69, 9.17) is 10.2 Å². The Hall–Kier alpha value is -4.09. The number of hydrogen-bond acceptors (Lipinski definition) is 5. The Morgan fingerprint density at radius 3 is 2.34 bits per heavy atom. The molecule has 3 N–H and O–H groups in total. The van der Waals surface area contributed by atoms with Crippen molar-refractivity contribution in [2.24, 2.45) is 11.3 Å². The minimum Gasteiger partial charge on any atom is -0.481 e. The second-order valence-corrected chi connectivity index (χ2v) is 8.18. The number of carboxylic acids is 3. The Bertz CT molecular complexity index is 1210.